The van der Waals surface area contributed by atoms with E-state index >= 15 is 0 Å². The van der Waals surface area contributed by atoms with Crippen LogP contribution in [0.4, 0.5) is 8.78 Å². The molecule has 0 saturated heterocycles. The number of nitrogens with one attached hydrogen (secondary N) is 1. The molecule has 0 unspecified atom stereocenters. The van der Waals surface area contributed by atoms with Gasteiger partial charge in [0.05, 0.1) is 12.1 Å². The van der Waals surface area contributed by atoms with Gasteiger partial charge < -0.3 is 10.1 Å². The molecule has 1 rings (SSSR count). The van der Waals surface area contributed by atoms with Crippen molar-refractivity contribution < 1.29 is 23.1 Å². The van der Waals surface area contributed by atoms with Gasteiger partial charge in [-0.3, -0.25) is 4.79 Å². The quantitative estimate of drug-likeness (QED) is 0.640. The molecule has 0 saturated carbocycles. The van der Waals surface area contributed by atoms with Gasteiger partial charge in [-0.1, -0.05) is 5.92 Å². The largest absolute Gasteiger partial charge is 0.452 e. The van der Waals surface area contributed by atoms with Crippen LogP contribution in [0.3, 0.4) is 0 Å². The van der Waals surface area contributed by atoms with Crippen molar-refractivity contribution in [1.29, 1.82) is 0 Å². The average molecular weight is 253 g/mol. The van der Waals surface area contributed by atoms with Crippen LogP contribution in [0.2, 0.25) is 0 Å². The van der Waals surface area contributed by atoms with Crippen LogP contribution < -0.4 is 5.32 Å². The number of rotatable bonds is 4. The number of terminal acetylenes is 1. The summed E-state index contributed by atoms with van der Waals surface area (Å²) in [6.07, 6.45) is 4.90. The van der Waals surface area contributed by atoms with Crippen LogP contribution >= 0.6 is 0 Å². The summed E-state index contributed by atoms with van der Waals surface area (Å²) in [7, 11) is 0. The smallest absolute Gasteiger partial charge is 0.338 e. The summed E-state index contributed by atoms with van der Waals surface area (Å²) in [5.41, 5.74) is -0.182. The number of esters is 1. The van der Waals surface area contributed by atoms with E-state index in [1.165, 1.54) is 0 Å². The maximum atomic E-state index is 12.8. The molecule has 0 spiro atoms. The second-order valence-corrected chi connectivity index (χ2v) is 3.19. The zero-order chi connectivity index (χ0) is 13.5. The van der Waals surface area contributed by atoms with Crippen molar-refractivity contribution in [2.45, 2.75) is 0 Å². The lowest BCUT2D eigenvalue weighted by Crippen LogP contribution is -2.29. The van der Waals surface area contributed by atoms with E-state index in [-0.39, 0.29) is 12.1 Å². The molecule has 0 radical (unpaired) electrons. The number of ether oxygens (including phenoxy) is 1. The summed E-state index contributed by atoms with van der Waals surface area (Å²) in [5.74, 6) is -1.57. The molecule has 18 heavy (non-hydrogen) atoms. The molecule has 1 aromatic rings. The summed E-state index contributed by atoms with van der Waals surface area (Å²) in [6, 6.07) is 2.54. The molecule has 0 atom stereocenters. The fourth-order valence-electron chi connectivity index (χ4n) is 1.04. The maximum absolute atomic E-state index is 12.8. The number of hydrogen-bond acceptors (Lipinski definition) is 3. The standard InChI is InChI=1S/C12H9F2NO3/c1-2-5-15-11(16)7-18-12(17)8-3-4-9(13)10(14)6-8/h1,3-4,6H,5,7H2,(H,15,16). The first kappa shape index (κ1) is 13.6. The monoisotopic (exact) mass is 253 g/mol. The van der Waals surface area contributed by atoms with Crippen molar-refractivity contribution in [1.82, 2.24) is 5.32 Å². The lowest BCUT2D eigenvalue weighted by Gasteiger charge is -2.04. The number of amides is 1. The Balaban J connectivity index is 2.53. The third kappa shape index (κ3) is 3.87. The van der Waals surface area contributed by atoms with Crippen molar-refractivity contribution in [3.63, 3.8) is 0 Å². The first-order chi connectivity index (χ1) is 8.54. The molecule has 0 aliphatic carbocycles. The number of halogens is 2. The summed E-state index contributed by atoms with van der Waals surface area (Å²) in [4.78, 5) is 22.4. The minimum atomic E-state index is -1.17. The Morgan fingerprint density at radius 2 is 2.06 bits per heavy atom. The van der Waals surface area contributed by atoms with E-state index in [9.17, 15) is 18.4 Å². The van der Waals surface area contributed by atoms with Gasteiger partial charge in [-0.15, -0.1) is 6.42 Å². The molecule has 0 fully saturated rings. The topological polar surface area (TPSA) is 55.4 Å². The van der Waals surface area contributed by atoms with Crippen LogP contribution in [-0.2, 0) is 9.53 Å². The molecule has 0 bridgehead atoms. The number of carbonyl (C=O) groups excluding carboxylic acids is 2. The first-order valence-corrected chi connectivity index (χ1v) is 4.87. The lowest BCUT2D eigenvalue weighted by molar-refractivity contribution is -0.123. The molecular formula is C12H9F2NO3. The fraction of sp³-hybridized carbons (Fsp3) is 0.167. The van der Waals surface area contributed by atoms with Crippen molar-refractivity contribution >= 4 is 11.9 Å². The van der Waals surface area contributed by atoms with Crippen molar-refractivity contribution in [3.05, 3.63) is 35.4 Å². The summed E-state index contributed by atoms with van der Waals surface area (Å²) in [5, 5.41) is 2.27. The zero-order valence-corrected chi connectivity index (χ0v) is 9.20. The second-order valence-electron chi connectivity index (χ2n) is 3.19. The van der Waals surface area contributed by atoms with E-state index in [1.807, 2.05) is 0 Å². The number of carbonyl (C=O) groups is 2. The van der Waals surface area contributed by atoms with E-state index in [0.29, 0.717) is 6.07 Å². The highest BCUT2D eigenvalue weighted by molar-refractivity contribution is 5.91. The van der Waals surface area contributed by atoms with Gasteiger partial charge in [0, 0.05) is 0 Å². The molecule has 0 aliphatic rings. The van der Waals surface area contributed by atoms with Gasteiger partial charge in [-0.2, -0.15) is 0 Å². The highest BCUT2D eigenvalue weighted by Gasteiger charge is 2.12. The molecule has 0 aromatic heterocycles. The van der Waals surface area contributed by atoms with Crippen LogP contribution in [0, 0.1) is 24.0 Å². The first-order valence-electron chi connectivity index (χ1n) is 4.87. The van der Waals surface area contributed by atoms with Gasteiger partial charge in [0.15, 0.2) is 18.2 Å². The highest BCUT2D eigenvalue weighted by atomic mass is 19.2. The molecule has 4 nitrogen and oxygen atoms in total. The van der Waals surface area contributed by atoms with Gasteiger partial charge >= 0.3 is 5.97 Å². The molecule has 0 heterocycles. The van der Waals surface area contributed by atoms with Gasteiger partial charge in [0.1, 0.15) is 0 Å². The summed E-state index contributed by atoms with van der Waals surface area (Å²) >= 11 is 0. The van der Waals surface area contributed by atoms with Crippen molar-refractivity contribution in [2.24, 2.45) is 0 Å². The number of benzene rings is 1. The molecule has 94 valence electrons. The minimum absolute atomic E-state index is 0.0154. The molecule has 0 aliphatic heterocycles. The van der Waals surface area contributed by atoms with Crippen LogP contribution in [-0.4, -0.2) is 25.0 Å². The maximum Gasteiger partial charge on any atom is 0.338 e. The predicted octanol–water partition coefficient (Wildman–Crippen LogP) is 0.871. The Kier molecular flexibility index (Phi) is 4.81. The van der Waals surface area contributed by atoms with E-state index in [4.69, 9.17) is 6.42 Å². The van der Waals surface area contributed by atoms with Gasteiger partial charge in [-0.05, 0) is 18.2 Å². The van der Waals surface area contributed by atoms with Crippen LogP contribution in [0.1, 0.15) is 10.4 Å². The SMILES string of the molecule is C#CCNC(=O)COC(=O)c1ccc(F)c(F)c1. The molecule has 1 aromatic carbocycles. The molecule has 1 N–H and O–H groups in total. The van der Waals surface area contributed by atoms with E-state index in [1.54, 1.807) is 0 Å². The Labute approximate surface area is 102 Å². The predicted molar refractivity (Wildman–Crippen MR) is 58.5 cm³/mol. The third-order valence-corrected chi connectivity index (χ3v) is 1.88. The van der Waals surface area contributed by atoms with Gasteiger partial charge in [-0.25, -0.2) is 13.6 Å². The second kappa shape index (κ2) is 6.35. The van der Waals surface area contributed by atoms with Crippen LogP contribution in [0.25, 0.3) is 0 Å². The molecule has 1 amide bonds. The third-order valence-electron chi connectivity index (χ3n) is 1.88. The minimum Gasteiger partial charge on any atom is -0.452 e. The van der Waals surface area contributed by atoms with Crippen molar-refractivity contribution in [2.75, 3.05) is 13.2 Å². The Morgan fingerprint density at radius 3 is 2.67 bits per heavy atom. The van der Waals surface area contributed by atoms with Gasteiger partial charge in [0.2, 0.25) is 0 Å². The van der Waals surface area contributed by atoms with Gasteiger partial charge in [0.25, 0.3) is 5.91 Å². The molecular weight excluding hydrogens is 244 g/mol. The van der Waals surface area contributed by atoms with E-state index in [0.717, 1.165) is 12.1 Å². The summed E-state index contributed by atoms with van der Waals surface area (Å²) < 4.78 is 30.0. The Morgan fingerprint density at radius 1 is 1.33 bits per heavy atom. The Bertz CT molecular complexity index is 509. The number of hydrogen-bond donors (Lipinski definition) is 1. The van der Waals surface area contributed by atoms with Crippen molar-refractivity contribution in [3.8, 4) is 12.3 Å². The normalized spacial score (nSPS) is 9.39. The summed E-state index contributed by atoms with van der Waals surface area (Å²) in [6.45, 7) is -0.527. The zero-order valence-electron chi connectivity index (χ0n) is 9.20. The average Bonchev–Trinajstić information content (AvgIpc) is 2.36. The fourth-order valence-corrected chi connectivity index (χ4v) is 1.04. The van der Waals surface area contributed by atoms with Crippen LogP contribution in [0.15, 0.2) is 18.2 Å². The van der Waals surface area contributed by atoms with E-state index < -0.39 is 30.1 Å². The Hall–Kier alpha value is -2.42. The lowest BCUT2D eigenvalue weighted by atomic mass is 10.2. The highest BCUT2D eigenvalue weighted by Crippen LogP contribution is 2.09. The van der Waals surface area contributed by atoms with E-state index in [2.05, 4.69) is 16.0 Å². The molecule has 6 heteroatoms. The van der Waals surface area contributed by atoms with Crippen LogP contribution in [0.5, 0.6) is 0 Å².